The Kier molecular flexibility index (Phi) is 8.59. The van der Waals surface area contributed by atoms with E-state index in [1.165, 1.54) is 11.1 Å². The van der Waals surface area contributed by atoms with Crippen LogP contribution in [0.25, 0.3) is 0 Å². The Morgan fingerprint density at radius 1 is 1.12 bits per heavy atom. The molecule has 3 rings (SSSR count). The summed E-state index contributed by atoms with van der Waals surface area (Å²) < 4.78 is 10.7. The average molecular weight is 474 g/mol. The van der Waals surface area contributed by atoms with Crippen molar-refractivity contribution in [3.05, 3.63) is 35.4 Å². The van der Waals surface area contributed by atoms with Gasteiger partial charge in [-0.25, -0.2) is 0 Å². The molecule has 2 heterocycles. The van der Waals surface area contributed by atoms with Gasteiger partial charge >= 0.3 is 0 Å². The van der Waals surface area contributed by atoms with Crippen molar-refractivity contribution < 1.29 is 9.47 Å². The minimum atomic E-state index is 0. The molecule has 0 aliphatic carbocycles. The number of guanidine groups is 1. The second-order valence-electron chi connectivity index (χ2n) is 7.24. The molecule has 2 fully saturated rings. The second-order valence-corrected chi connectivity index (χ2v) is 7.24. The van der Waals surface area contributed by atoms with Crippen molar-refractivity contribution in [3.8, 4) is 0 Å². The minimum absolute atomic E-state index is 0. The Balaban J connectivity index is 0.00000243. The van der Waals surface area contributed by atoms with Crippen molar-refractivity contribution >= 4 is 29.9 Å². The van der Waals surface area contributed by atoms with E-state index in [4.69, 9.17) is 9.47 Å². The quantitative estimate of drug-likeness (QED) is 0.375. The first-order valence-corrected chi connectivity index (χ1v) is 9.08. The predicted octanol–water partition coefficient (Wildman–Crippen LogP) is 1.84. The molecule has 2 aliphatic heterocycles. The highest BCUT2D eigenvalue weighted by Gasteiger charge is 2.33. The molecule has 0 unspecified atom stereocenters. The van der Waals surface area contributed by atoms with Crippen LogP contribution in [0.4, 0.5) is 0 Å². The molecule has 26 heavy (non-hydrogen) atoms. The molecule has 0 spiro atoms. The summed E-state index contributed by atoms with van der Waals surface area (Å²) in [5.41, 5.74) is 2.91. The monoisotopic (exact) mass is 474 g/mol. The fourth-order valence-electron chi connectivity index (χ4n) is 3.13. The number of nitrogens with one attached hydrogen (secondary N) is 2. The number of nitrogens with zero attached hydrogens (tertiary/aromatic N) is 2. The molecule has 0 aromatic heterocycles. The van der Waals surface area contributed by atoms with Crippen LogP contribution in [0.15, 0.2) is 29.3 Å². The fraction of sp³-hybridized carbons (Fsp3) is 0.632. The molecule has 6 nitrogen and oxygen atoms in total. The van der Waals surface area contributed by atoms with Gasteiger partial charge < -0.3 is 20.1 Å². The van der Waals surface area contributed by atoms with E-state index < -0.39 is 0 Å². The maximum absolute atomic E-state index is 5.44. The lowest BCUT2D eigenvalue weighted by Gasteiger charge is -2.38. The molecule has 7 heteroatoms. The summed E-state index contributed by atoms with van der Waals surface area (Å²) in [6.45, 7) is 10.2. The summed E-state index contributed by atoms with van der Waals surface area (Å²) in [5, 5.41) is 6.85. The Bertz CT molecular complexity index is 587. The van der Waals surface area contributed by atoms with Crippen molar-refractivity contribution in [2.45, 2.75) is 20.0 Å². The molecule has 0 atom stereocenters. The Hall–Kier alpha value is -0.900. The van der Waals surface area contributed by atoms with Crippen molar-refractivity contribution in [2.24, 2.45) is 10.4 Å². The zero-order valence-corrected chi connectivity index (χ0v) is 18.1. The number of morpholine rings is 1. The highest BCUT2D eigenvalue weighted by Crippen LogP contribution is 2.24. The molecule has 1 aromatic rings. The van der Waals surface area contributed by atoms with Crippen LogP contribution in [-0.4, -0.2) is 64.0 Å². The summed E-state index contributed by atoms with van der Waals surface area (Å²) in [6, 6.07) is 8.62. The van der Waals surface area contributed by atoms with Gasteiger partial charge in [-0.15, -0.1) is 24.0 Å². The van der Waals surface area contributed by atoms with Gasteiger partial charge in [-0.05, 0) is 11.1 Å². The number of aliphatic imine (C=N–C) groups is 1. The van der Waals surface area contributed by atoms with Gasteiger partial charge in [0.2, 0.25) is 0 Å². The maximum atomic E-state index is 5.44. The van der Waals surface area contributed by atoms with E-state index in [9.17, 15) is 0 Å². The van der Waals surface area contributed by atoms with Gasteiger partial charge in [-0.3, -0.25) is 9.89 Å². The second kappa shape index (κ2) is 10.4. The molecule has 0 amide bonds. The normalized spacial score (nSPS) is 20.0. The van der Waals surface area contributed by atoms with E-state index in [0.29, 0.717) is 0 Å². The van der Waals surface area contributed by atoms with Crippen LogP contribution in [0, 0.1) is 5.41 Å². The average Bonchev–Trinajstić information content (AvgIpc) is 2.62. The van der Waals surface area contributed by atoms with Gasteiger partial charge in [0.05, 0.1) is 26.4 Å². The number of hydrogen-bond acceptors (Lipinski definition) is 4. The number of ether oxygens (including phenoxy) is 2. The summed E-state index contributed by atoms with van der Waals surface area (Å²) in [4.78, 5) is 6.79. The molecule has 146 valence electrons. The molecule has 2 saturated heterocycles. The van der Waals surface area contributed by atoms with Crippen molar-refractivity contribution in [2.75, 3.05) is 53.1 Å². The third-order valence-corrected chi connectivity index (χ3v) is 4.87. The van der Waals surface area contributed by atoms with Crippen LogP contribution in [-0.2, 0) is 22.6 Å². The van der Waals surface area contributed by atoms with Crippen LogP contribution in [0.2, 0.25) is 0 Å². The summed E-state index contributed by atoms with van der Waals surface area (Å²) in [7, 11) is 1.81. The summed E-state index contributed by atoms with van der Waals surface area (Å²) in [5.74, 6) is 0.842. The lowest BCUT2D eigenvalue weighted by molar-refractivity contribution is -0.0971. The van der Waals surface area contributed by atoms with Gasteiger partial charge in [0.25, 0.3) is 0 Å². The lowest BCUT2D eigenvalue weighted by Crippen LogP contribution is -2.50. The van der Waals surface area contributed by atoms with Crippen molar-refractivity contribution in [1.82, 2.24) is 15.5 Å². The molecule has 2 N–H and O–H groups in total. The number of hydrogen-bond donors (Lipinski definition) is 2. The van der Waals surface area contributed by atoms with E-state index in [-0.39, 0.29) is 29.4 Å². The van der Waals surface area contributed by atoms with E-state index >= 15 is 0 Å². The molecule has 0 saturated carbocycles. The Labute approximate surface area is 173 Å². The van der Waals surface area contributed by atoms with Crippen LogP contribution < -0.4 is 10.6 Å². The standard InChI is InChI=1S/C19H30N4O2.HI/c1-19(14-25-15-19)13-22-18(20-2)21-11-16-5-3-4-6-17(16)12-23-7-9-24-10-8-23;/h3-6H,7-15H2,1-2H3,(H2,20,21,22);1H. The van der Waals surface area contributed by atoms with E-state index in [1.807, 2.05) is 7.05 Å². The lowest BCUT2D eigenvalue weighted by atomic mass is 9.89. The van der Waals surface area contributed by atoms with E-state index in [0.717, 1.165) is 65.1 Å². The van der Waals surface area contributed by atoms with Crippen LogP contribution >= 0.6 is 24.0 Å². The minimum Gasteiger partial charge on any atom is -0.380 e. The third kappa shape index (κ3) is 6.07. The van der Waals surface area contributed by atoms with Crippen LogP contribution in [0.1, 0.15) is 18.1 Å². The first-order valence-electron chi connectivity index (χ1n) is 9.08. The van der Waals surface area contributed by atoms with Crippen molar-refractivity contribution in [1.29, 1.82) is 0 Å². The van der Waals surface area contributed by atoms with Crippen molar-refractivity contribution in [3.63, 3.8) is 0 Å². The zero-order chi connectivity index (χ0) is 17.5. The van der Waals surface area contributed by atoms with Gasteiger partial charge in [-0.2, -0.15) is 0 Å². The Morgan fingerprint density at radius 3 is 2.42 bits per heavy atom. The highest BCUT2D eigenvalue weighted by molar-refractivity contribution is 14.0. The molecule has 0 radical (unpaired) electrons. The largest absolute Gasteiger partial charge is 0.380 e. The highest BCUT2D eigenvalue weighted by atomic mass is 127. The molecular formula is C19H31IN4O2. The fourth-order valence-corrected chi connectivity index (χ4v) is 3.13. The Morgan fingerprint density at radius 2 is 1.81 bits per heavy atom. The first kappa shape index (κ1) is 21.4. The van der Waals surface area contributed by atoms with E-state index in [1.54, 1.807) is 0 Å². The van der Waals surface area contributed by atoms with Gasteiger partial charge in [0.15, 0.2) is 5.96 Å². The van der Waals surface area contributed by atoms with Gasteiger partial charge in [-0.1, -0.05) is 31.2 Å². The van der Waals surface area contributed by atoms with Crippen LogP contribution in [0.5, 0.6) is 0 Å². The summed E-state index contributed by atoms with van der Waals surface area (Å²) in [6.07, 6.45) is 0. The first-order chi connectivity index (χ1) is 12.2. The summed E-state index contributed by atoms with van der Waals surface area (Å²) >= 11 is 0. The number of halogens is 1. The van der Waals surface area contributed by atoms with E-state index in [2.05, 4.69) is 51.7 Å². The number of benzene rings is 1. The maximum Gasteiger partial charge on any atom is 0.191 e. The SMILES string of the molecule is CN=C(NCc1ccccc1CN1CCOCC1)NCC1(C)COC1.I. The molecular weight excluding hydrogens is 443 g/mol. The topological polar surface area (TPSA) is 58.1 Å². The number of rotatable bonds is 6. The predicted molar refractivity (Wildman–Crippen MR) is 115 cm³/mol. The van der Waals surface area contributed by atoms with Gasteiger partial charge in [0.1, 0.15) is 0 Å². The van der Waals surface area contributed by atoms with Gasteiger partial charge in [0, 0.05) is 45.2 Å². The smallest absolute Gasteiger partial charge is 0.191 e. The molecule has 2 aliphatic rings. The molecule has 0 bridgehead atoms. The van der Waals surface area contributed by atoms with Crippen LogP contribution in [0.3, 0.4) is 0 Å². The zero-order valence-electron chi connectivity index (χ0n) is 15.8. The molecule has 1 aromatic carbocycles. The third-order valence-electron chi connectivity index (χ3n) is 4.87.